The Balaban J connectivity index is 1.78. The number of para-hydroxylation sites is 1. The molecule has 134 valence electrons. The molecule has 0 radical (unpaired) electrons. The number of rotatable bonds is 6. The van der Waals surface area contributed by atoms with Crippen molar-refractivity contribution in [1.82, 2.24) is 0 Å². The summed E-state index contributed by atoms with van der Waals surface area (Å²) in [6.45, 7) is -2.22. The summed E-state index contributed by atoms with van der Waals surface area (Å²) in [4.78, 5) is 25.4. The van der Waals surface area contributed by atoms with Gasteiger partial charge in [-0.1, -0.05) is 30.3 Å². The van der Waals surface area contributed by atoms with Gasteiger partial charge in [-0.25, -0.2) is 4.79 Å². The topological polar surface area (TPSA) is 55.8 Å². The van der Waals surface area contributed by atoms with Gasteiger partial charge in [0.05, 0.1) is 6.54 Å². The first kappa shape index (κ1) is 17.6. The van der Waals surface area contributed by atoms with Gasteiger partial charge in [-0.15, -0.1) is 0 Å². The highest BCUT2D eigenvalue weighted by atomic mass is 19.3. The van der Waals surface area contributed by atoms with E-state index in [2.05, 4.69) is 4.74 Å². The van der Waals surface area contributed by atoms with Crippen molar-refractivity contribution in [2.24, 2.45) is 0 Å². The molecule has 1 aliphatic heterocycles. The predicted molar refractivity (Wildman–Crippen MR) is 91.6 cm³/mol. The van der Waals surface area contributed by atoms with E-state index in [1.807, 2.05) is 0 Å². The quantitative estimate of drug-likeness (QED) is 0.575. The molecule has 0 atom stereocenters. The zero-order valence-corrected chi connectivity index (χ0v) is 13.6. The number of cyclic esters (lactones) is 1. The zero-order valence-electron chi connectivity index (χ0n) is 13.6. The van der Waals surface area contributed by atoms with Crippen LogP contribution in [0.4, 0.5) is 19.3 Å². The minimum absolute atomic E-state index is 0.0138. The lowest BCUT2D eigenvalue weighted by Crippen LogP contribution is -2.23. The Labute approximate surface area is 148 Å². The molecule has 0 bridgehead atoms. The SMILES string of the molecule is O=C(/C=C/c1ccccc1OC(F)F)c1cccc(N2CCOC2=O)c1. The summed E-state index contributed by atoms with van der Waals surface area (Å²) < 4.78 is 34.2. The fourth-order valence-electron chi connectivity index (χ4n) is 2.54. The Bertz CT molecular complexity index is 851. The molecule has 0 unspecified atom stereocenters. The van der Waals surface area contributed by atoms with Crippen LogP contribution in [0.15, 0.2) is 54.6 Å². The maximum Gasteiger partial charge on any atom is 0.414 e. The third kappa shape index (κ3) is 4.05. The Kier molecular flexibility index (Phi) is 5.26. The summed E-state index contributed by atoms with van der Waals surface area (Å²) in [6, 6.07) is 12.8. The van der Waals surface area contributed by atoms with Crippen molar-refractivity contribution >= 4 is 23.6 Å². The minimum atomic E-state index is -2.95. The Hall–Kier alpha value is -3.22. The monoisotopic (exact) mass is 359 g/mol. The van der Waals surface area contributed by atoms with E-state index >= 15 is 0 Å². The number of nitrogens with zero attached hydrogens (tertiary/aromatic N) is 1. The molecule has 1 fully saturated rings. The second kappa shape index (κ2) is 7.77. The van der Waals surface area contributed by atoms with Gasteiger partial charge in [-0.2, -0.15) is 8.78 Å². The molecule has 3 rings (SSSR count). The summed E-state index contributed by atoms with van der Waals surface area (Å²) in [5.41, 5.74) is 1.29. The number of carbonyl (C=O) groups excluding carboxylic acids is 2. The number of ether oxygens (including phenoxy) is 2. The number of anilines is 1. The Morgan fingerprint density at radius 2 is 2.00 bits per heavy atom. The molecule has 0 N–H and O–H groups in total. The van der Waals surface area contributed by atoms with Crippen LogP contribution in [0.2, 0.25) is 0 Å². The van der Waals surface area contributed by atoms with Gasteiger partial charge in [-0.3, -0.25) is 9.69 Å². The van der Waals surface area contributed by atoms with Crippen LogP contribution in [0, 0.1) is 0 Å². The van der Waals surface area contributed by atoms with Crippen molar-refractivity contribution in [2.75, 3.05) is 18.1 Å². The van der Waals surface area contributed by atoms with Crippen LogP contribution in [0.25, 0.3) is 6.08 Å². The highest BCUT2D eigenvalue weighted by Gasteiger charge is 2.23. The third-order valence-corrected chi connectivity index (χ3v) is 3.75. The fourth-order valence-corrected chi connectivity index (χ4v) is 2.54. The van der Waals surface area contributed by atoms with Crippen LogP contribution >= 0.6 is 0 Å². The van der Waals surface area contributed by atoms with Crippen LogP contribution in [0.5, 0.6) is 5.75 Å². The summed E-state index contributed by atoms with van der Waals surface area (Å²) in [6.07, 6.45) is 2.23. The molecule has 1 saturated heterocycles. The molecule has 1 heterocycles. The van der Waals surface area contributed by atoms with E-state index in [1.165, 1.54) is 23.1 Å². The van der Waals surface area contributed by atoms with Crippen molar-refractivity contribution in [1.29, 1.82) is 0 Å². The Morgan fingerprint density at radius 1 is 1.19 bits per heavy atom. The smallest absolute Gasteiger partial charge is 0.414 e. The lowest BCUT2D eigenvalue weighted by Gasteiger charge is -2.13. The Morgan fingerprint density at radius 3 is 2.73 bits per heavy atom. The van der Waals surface area contributed by atoms with E-state index in [9.17, 15) is 18.4 Å². The maximum absolute atomic E-state index is 12.4. The number of ketones is 1. The number of halogens is 2. The highest BCUT2D eigenvalue weighted by molar-refractivity contribution is 6.07. The molecule has 2 aromatic rings. The summed E-state index contributed by atoms with van der Waals surface area (Å²) in [7, 11) is 0. The first-order chi connectivity index (χ1) is 12.5. The van der Waals surface area contributed by atoms with Crippen LogP contribution < -0.4 is 9.64 Å². The zero-order chi connectivity index (χ0) is 18.5. The van der Waals surface area contributed by atoms with E-state index < -0.39 is 12.7 Å². The lowest BCUT2D eigenvalue weighted by molar-refractivity contribution is -0.0499. The molecule has 2 aromatic carbocycles. The molecule has 0 spiro atoms. The number of amides is 1. The van der Waals surface area contributed by atoms with Crippen molar-refractivity contribution in [2.45, 2.75) is 6.61 Å². The van der Waals surface area contributed by atoms with Gasteiger partial charge in [0.2, 0.25) is 0 Å². The molecule has 7 heteroatoms. The van der Waals surface area contributed by atoms with Crippen molar-refractivity contribution in [3.8, 4) is 5.75 Å². The van der Waals surface area contributed by atoms with Crippen molar-refractivity contribution in [3.63, 3.8) is 0 Å². The van der Waals surface area contributed by atoms with Gasteiger partial charge in [0.25, 0.3) is 0 Å². The van der Waals surface area contributed by atoms with E-state index in [0.29, 0.717) is 30.0 Å². The fraction of sp³-hybridized carbons (Fsp3) is 0.158. The number of benzene rings is 2. The number of hydrogen-bond acceptors (Lipinski definition) is 4. The standard InChI is InChI=1S/C19H15F2NO4/c20-18(21)26-17-7-2-1-4-13(17)8-9-16(23)14-5-3-6-15(12-14)22-10-11-25-19(22)24/h1-9,12,18H,10-11H2/b9-8+. The average Bonchev–Trinajstić information content (AvgIpc) is 3.06. The second-order valence-electron chi connectivity index (χ2n) is 5.43. The summed E-state index contributed by atoms with van der Waals surface area (Å²) in [5, 5.41) is 0. The predicted octanol–water partition coefficient (Wildman–Crippen LogP) is 4.14. The van der Waals surface area contributed by atoms with E-state index in [1.54, 1.807) is 42.5 Å². The third-order valence-electron chi connectivity index (χ3n) is 3.75. The molecule has 0 saturated carbocycles. The van der Waals surface area contributed by atoms with Gasteiger partial charge in [0.15, 0.2) is 5.78 Å². The second-order valence-corrected chi connectivity index (χ2v) is 5.43. The number of allylic oxidation sites excluding steroid dienone is 1. The van der Waals surface area contributed by atoms with E-state index in [4.69, 9.17) is 4.74 Å². The number of alkyl halides is 2. The van der Waals surface area contributed by atoms with Crippen LogP contribution in [0.3, 0.4) is 0 Å². The van der Waals surface area contributed by atoms with Gasteiger partial charge >= 0.3 is 12.7 Å². The molecule has 1 aliphatic rings. The summed E-state index contributed by atoms with van der Waals surface area (Å²) >= 11 is 0. The van der Waals surface area contributed by atoms with Crippen LogP contribution in [-0.4, -0.2) is 31.6 Å². The summed E-state index contributed by atoms with van der Waals surface area (Å²) in [5.74, 6) is -0.341. The van der Waals surface area contributed by atoms with E-state index in [0.717, 1.165) is 0 Å². The normalized spacial score (nSPS) is 14.1. The number of hydrogen-bond donors (Lipinski definition) is 0. The average molecular weight is 359 g/mol. The first-order valence-corrected chi connectivity index (χ1v) is 7.85. The number of carbonyl (C=O) groups is 2. The van der Waals surface area contributed by atoms with Crippen molar-refractivity contribution in [3.05, 3.63) is 65.7 Å². The van der Waals surface area contributed by atoms with Crippen LogP contribution in [-0.2, 0) is 4.74 Å². The molecule has 0 aromatic heterocycles. The largest absolute Gasteiger partial charge is 0.447 e. The van der Waals surface area contributed by atoms with Gasteiger partial charge in [-0.05, 0) is 30.4 Å². The van der Waals surface area contributed by atoms with Gasteiger partial charge in [0.1, 0.15) is 12.4 Å². The maximum atomic E-state index is 12.4. The molecule has 26 heavy (non-hydrogen) atoms. The molecule has 0 aliphatic carbocycles. The molecular formula is C19H15F2NO4. The highest BCUT2D eigenvalue weighted by Crippen LogP contribution is 2.23. The van der Waals surface area contributed by atoms with Gasteiger partial charge < -0.3 is 9.47 Å². The molecular weight excluding hydrogens is 344 g/mol. The van der Waals surface area contributed by atoms with E-state index in [-0.39, 0.29) is 11.5 Å². The first-order valence-electron chi connectivity index (χ1n) is 7.85. The van der Waals surface area contributed by atoms with Gasteiger partial charge in [0, 0.05) is 16.8 Å². The molecule has 1 amide bonds. The minimum Gasteiger partial charge on any atom is -0.447 e. The van der Waals surface area contributed by atoms with Crippen LogP contribution in [0.1, 0.15) is 15.9 Å². The molecule has 5 nitrogen and oxygen atoms in total. The lowest BCUT2D eigenvalue weighted by atomic mass is 10.1. The van der Waals surface area contributed by atoms with Crippen molar-refractivity contribution < 1.29 is 27.8 Å².